The summed E-state index contributed by atoms with van der Waals surface area (Å²) in [7, 11) is 0. The molecular formula is C34H38N4O4S. The van der Waals surface area contributed by atoms with Gasteiger partial charge >= 0.3 is 5.97 Å². The second kappa shape index (κ2) is 12.4. The molecule has 1 N–H and O–H groups in total. The molecule has 8 nitrogen and oxygen atoms in total. The fourth-order valence-corrected chi connectivity index (χ4v) is 7.32. The maximum Gasteiger partial charge on any atom is 0.331 e. The standard InChI is InChI=1S/C34H38N4O4S/c1-21(34(40)41)17-27-19-28(24-7-5-4-6-8-24)32(38(27)20-31(39)37-13-15-42-16-14-37)26-10-11-29-25(18-26)9-12-30(36-29)33-22(2)35-23(3)43-33/h9-12,17-19,24H,4-8,13-16,20H2,1-3H3,(H,40,41). The molecule has 4 aromatic rings. The molecule has 0 spiro atoms. The molecule has 4 heterocycles. The number of morpholine rings is 1. The van der Waals surface area contributed by atoms with Crippen molar-refractivity contribution in [3.63, 3.8) is 0 Å². The number of carbonyl (C=O) groups is 2. The van der Waals surface area contributed by atoms with Crippen molar-refractivity contribution in [2.24, 2.45) is 0 Å². The molecular weight excluding hydrogens is 560 g/mol. The van der Waals surface area contributed by atoms with E-state index in [4.69, 9.17) is 9.72 Å². The number of ether oxygens (including phenoxy) is 1. The first-order valence-corrected chi connectivity index (χ1v) is 16.0. The van der Waals surface area contributed by atoms with Crippen LogP contribution in [0.2, 0.25) is 0 Å². The highest BCUT2D eigenvalue weighted by Gasteiger charge is 2.27. The number of thiazole rings is 1. The summed E-state index contributed by atoms with van der Waals surface area (Å²) >= 11 is 1.65. The van der Waals surface area contributed by atoms with Gasteiger partial charge in [-0.2, -0.15) is 0 Å². The summed E-state index contributed by atoms with van der Waals surface area (Å²) in [4.78, 5) is 38.0. The summed E-state index contributed by atoms with van der Waals surface area (Å²) < 4.78 is 7.52. The van der Waals surface area contributed by atoms with Crippen LogP contribution in [0.5, 0.6) is 0 Å². The van der Waals surface area contributed by atoms with Crippen LogP contribution in [-0.2, 0) is 20.9 Å². The number of fused-ring (bicyclic) bond motifs is 1. The van der Waals surface area contributed by atoms with Gasteiger partial charge in [0.25, 0.3) is 0 Å². The lowest BCUT2D eigenvalue weighted by molar-refractivity contribution is -0.136. The van der Waals surface area contributed by atoms with E-state index in [2.05, 4.69) is 41.4 Å². The van der Waals surface area contributed by atoms with E-state index < -0.39 is 5.97 Å². The van der Waals surface area contributed by atoms with Gasteiger partial charge in [0.05, 0.1) is 45.7 Å². The number of aliphatic carboxylic acids is 1. The molecule has 6 rings (SSSR count). The van der Waals surface area contributed by atoms with Crippen LogP contribution in [0.25, 0.3) is 38.8 Å². The van der Waals surface area contributed by atoms with Crippen molar-refractivity contribution in [2.45, 2.75) is 65.3 Å². The average Bonchev–Trinajstić information content (AvgIpc) is 3.55. The number of carbonyl (C=O) groups excluding carboxylic acids is 1. The summed E-state index contributed by atoms with van der Waals surface area (Å²) in [5.74, 6) is -0.596. The zero-order valence-electron chi connectivity index (χ0n) is 25.1. The van der Waals surface area contributed by atoms with Crippen molar-refractivity contribution in [1.29, 1.82) is 0 Å². The lowest BCUT2D eigenvalue weighted by atomic mass is 9.83. The van der Waals surface area contributed by atoms with E-state index in [0.29, 0.717) is 32.2 Å². The number of nitrogens with zero attached hydrogens (tertiary/aromatic N) is 4. The van der Waals surface area contributed by atoms with Crippen molar-refractivity contribution < 1.29 is 19.4 Å². The fourth-order valence-electron chi connectivity index (χ4n) is 6.43. The van der Waals surface area contributed by atoms with Crippen LogP contribution in [0, 0.1) is 13.8 Å². The zero-order valence-corrected chi connectivity index (χ0v) is 25.9. The molecule has 0 unspecified atom stereocenters. The first-order chi connectivity index (χ1) is 20.8. The molecule has 1 saturated carbocycles. The summed E-state index contributed by atoms with van der Waals surface area (Å²) in [6.07, 6.45) is 7.45. The zero-order chi connectivity index (χ0) is 30.1. The smallest absolute Gasteiger partial charge is 0.331 e. The maximum absolute atomic E-state index is 13.6. The van der Waals surface area contributed by atoms with Crippen molar-refractivity contribution in [3.8, 4) is 21.8 Å². The number of rotatable bonds is 7. The summed E-state index contributed by atoms with van der Waals surface area (Å²) in [5.41, 5.74) is 7.00. The molecule has 1 aliphatic heterocycles. The highest BCUT2D eigenvalue weighted by molar-refractivity contribution is 7.15. The van der Waals surface area contributed by atoms with Gasteiger partial charge in [0, 0.05) is 29.7 Å². The largest absolute Gasteiger partial charge is 0.478 e. The molecule has 1 saturated heterocycles. The van der Waals surface area contributed by atoms with E-state index in [-0.39, 0.29) is 18.0 Å². The van der Waals surface area contributed by atoms with Gasteiger partial charge in [-0.05, 0) is 81.0 Å². The molecule has 1 aliphatic carbocycles. The quantitative estimate of drug-likeness (QED) is 0.234. The Labute approximate surface area is 256 Å². The monoisotopic (exact) mass is 598 g/mol. The third-order valence-corrected chi connectivity index (χ3v) is 9.76. The second-order valence-electron chi connectivity index (χ2n) is 11.7. The van der Waals surface area contributed by atoms with Crippen LogP contribution in [-0.4, -0.2) is 62.7 Å². The van der Waals surface area contributed by atoms with Crippen molar-refractivity contribution in [2.75, 3.05) is 26.3 Å². The van der Waals surface area contributed by atoms with E-state index in [9.17, 15) is 14.7 Å². The van der Waals surface area contributed by atoms with Crippen LogP contribution in [0.3, 0.4) is 0 Å². The predicted molar refractivity (Wildman–Crippen MR) is 170 cm³/mol. The van der Waals surface area contributed by atoms with E-state index in [1.807, 2.05) is 23.3 Å². The Morgan fingerprint density at radius 2 is 1.81 bits per heavy atom. The van der Waals surface area contributed by atoms with Gasteiger partial charge in [0.2, 0.25) is 5.91 Å². The molecule has 9 heteroatoms. The normalized spacial score (nSPS) is 16.6. The number of hydrogen-bond acceptors (Lipinski definition) is 6. The van der Waals surface area contributed by atoms with E-state index in [0.717, 1.165) is 62.0 Å². The minimum absolute atomic E-state index is 0.0142. The summed E-state index contributed by atoms with van der Waals surface area (Å²) in [6.45, 7) is 7.96. The Morgan fingerprint density at radius 1 is 1.05 bits per heavy atom. The molecule has 43 heavy (non-hydrogen) atoms. The summed E-state index contributed by atoms with van der Waals surface area (Å²) in [6, 6.07) is 12.6. The Morgan fingerprint density at radius 3 is 2.51 bits per heavy atom. The first kappa shape index (κ1) is 29.3. The highest BCUT2D eigenvalue weighted by atomic mass is 32.1. The number of carboxylic acid groups (broad SMARTS) is 1. The number of carboxylic acids is 1. The van der Waals surface area contributed by atoms with E-state index in [1.165, 1.54) is 24.8 Å². The Balaban J connectivity index is 1.48. The maximum atomic E-state index is 13.6. The first-order valence-electron chi connectivity index (χ1n) is 15.1. The molecule has 3 aromatic heterocycles. The van der Waals surface area contributed by atoms with Crippen molar-refractivity contribution >= 4 is 40.2 Å². The third kappa shape index (κ3) is 6.15. The van der Waals surface area contributed by atoms with Gasteiger partial charge in [-0.3, -0.25) is 4.79 Å². The molecule has 1 aromatic carbocycles. The minimum atomic E-state index is -0.966. The van der Waals surface area contributed by atoms with Crippen LogP contribution in [0.1, 0.15) is 66.9 Å². The van der Waals surface area contributed by atoms with Crippen LogP contribution >= 0.6 is 11.3 Å². The molecule has 224 valence electrons. The van der Waals surface area contributed by atoms with Crippen LogP contribution < -0.4 is 0 Å². The average molecular weight is 599 g/mol. The number of aromatic nitrogens is 3. The molecule has 2 aliphatic rings. The number of benzene rings is 1. The number of amides is 1. The van der Waals surface area contributed by atoms with E-state index in [1.54, 1.807) is 24.3 Å². The van der Waals surface area contributed by atoms with Gasteiger partial charge in [0.1, 0.15) is 6.54 Å². The molecule has 0 atom stereocenters. The lowest BCUT2D eigenvalue weighted by Crippen LogP contribution is -2.42. The Hall–Kier alpha value is -3.82. The number of hydrogen-bond donors (Lipinski definition) is 1. The fraction of sp³-hybridized carbons (Fsp3) is 0.412. The second-order valence-corrected chi connectivity index (χ2v) is 12.9. The van der Waals surface area contributed by atoms with Gasteiger partial charge in [-0.25, -0.2) is 14.8 Å². The highest BCUT2D eigenvalue weighted by Crippen LogP contribution is 2.41. The van der Waals surface area contributed by atoms with Gasteiger partial charge in [0.15, 0.2) is 0 Å². The summed E-state index contributed by atoms with van der Waals surface area (Å²) in [5, 5.41) is 11.8. The van der Waals surface area contributed by atoms with Crippen LogP contribution in [0.4, 0.5) is 0 Å². The Kier molecular flexibility index (Phi) is 8.45. The SMILES string of the molecule is CC(=Cc1cc(C2CCCCC2)c(-c2ccc3nc(-c4sc(C)nc4C)ccc3c2)n1CC(=O)N1CCOCC1)C(=O)O. The molecule has 0 radical (unpaired) electrons. The predicted octanol–water partition coefficient (Wildman–Crippen LogP) is 6.84. The molecule has 2 fully saturated rings. The van der Waals surface area contributed by atoms with Gasteiger partial charge in [-0.1, -0.05) is 31.4 Å². The number of aryl methyl sites for hydroxylation is 2. The molecule has 1 amide bonds. The Bertz CT molecular complexity index is 1710. The van der Waals surface area contributed by atoms with E-state index >= 15 is 0 Å². The van der Waals surface area contributed by atoms with Crippen LogP contribution in [0.15, 0.2) is 42.0 Å². The lowest BCUT2D eigenvalue weighted by Gasteiger charge is -2.28. The van der Waals surface area contributed by atoms with Crippen molar-refractivity contribution in [3.05, 3.63) is 63.9 Å². The van der Waals surface area contributed by atoms with Gasteiger partial charge < -0.3 is 19.3 Å². The minimum Gasteiger partial charge on any atom is -0.478 e. The van der Waals surface area contributed by atoms with Crippen molar-refractivity contribution in [1.82, 2.24) is 19.4 Å². The molecule has 0 bridgehead atoms. The third-order valence-electron chi connectivity index (χ3n) is 8.66. The number of pyridine rings is 1. The topological polar surface area (TPSA) is 97.5 Å². The van der Waals surface area contributed by atoms with Gasteiger partial charge in [-0.15, -0.1) is 11.3 Å².